The van der Waals surface area contributed by atoms with Crippen molar-refractivity contribution in [2.75, 3.05) is 7.11 Å². The average molecular weight is 438 g/mol. The van der Waals surface area contributed by atoms with Crippen LogP contribution in [0.1, 0.15) is 49.3 Å². The lowest BCUT2D eigenvalue weighted by molar-refractivity contribution is 0.0601. The van der Waals surface area contributed by atoms with Gasteiger partial charge in [-0.05, 0) is 29.8 Å². The predicted octanol–water partition coefficient (Wildman–Crippen LogP) is 7.55. The van der Waals surface area contributed by atoms with E-state index in [0.29, 0.717) is 22.0 Å². The van der Waals surface area contributed by atoms with Crippen LogP contribution in [0.3, 0.4) is 0 Å². The number of methoxy groups -OCH3 is 1. The highest BCUT2D eigenvalue weighted by molar-refractivity contribution is 7.13. The average Bonchev–Trinajstić information content (AvgIpc) is 3.22. The van der Waals surface area contributed by atoms with Gasteiger partial charge in [-0.3, -0.25) is 0 Å². The first-order valence-electron chi connectivity index (χ1n) is 9.14. The van der Waals surface area contributed by atoms with Crippen LogP contribution in [0, 0.1) is 0 Å². The van der Waals surface area contributed by atoms with E-state index in [2.05, 4.69) is 4.98 Å². The monoisotopic (exact) mass is 437 g/mol. The summed E-state index contributed by atoms with van der Waals surface area (Å²) in [6.07, 6.45) is 0.671. The van der Waals surface area contributed by atoms with Gasteiger partial charge in [0.25, 0.3) is 0 Å². The first-order valence-corrected chi connectivity index (χ1v) is 10.8. The van der Waals surface area contributed by atoms with Gasteiger partial charge in [0, 0.05) is 17.4 Å². The van der Waals surface area contributed by atoms with E-state index in [1.54, 1.807) is 18.2 Å². The van der Waals surface area contributed by atoms with Gasteiger partial charge in [-0.15, -0.1) is 11.3 Å². The molecule has 0 aliphatic rings. The summed E-state index contributed by atoms with van der Waals surface area (Å²) in [5.41, 5.74) is 3.39. The Kier molecular flexibility index (Phi) is 10.8. The summed E-state index contributed by atoms with van der Waals surface area (Å²) in [6, 6.07) is 12.8. The van der Waals surface area contributed by atoms with Crippen LogP contribution in [-0.2, 0) is 11.2 Å². The highest BCUT2D eigenvalue weighted by Gasteiger charge is 2.10. The normalized spacial score (nSPS) is 9.54. The van der Waals surface area contributed by atoms with E-state index < -0.39 is 0 Å². The Morgan fingerprint density at radius 3 is 2.39 bits per heavy atom. The Morgan fingerprint density at radius 2 is 1.75 bits per heavy atom. The highest BCUT2D eigenvalue weighted by Crippen LogP contribution is 2.27. The largest absolute Gasteiger partial charge is 0.465 e. The predicted molar refractivity (Wildman–Crippen MR) is 121 cm³/mol. The van der Waals surface area contributed by atoms with Gasteiger partial charge in [0.15, 0.2) is 0 Å². The zero-order chi connectivity index (χ0) is 21.1. The third-order valence-corrected chi connectivity index (χ3v) is 5.13. The summed E-state index contributed by atoms with van der Waals surface area (Å²) < 4.78 is 4.75. The fourth-order valence-electron chi connectivity index (χ4n) is 2.28. The molecule has 28 heavy (non-hydrogen) atoms. The van der Waals surface area contributed by atoms with Gasteiger partial charge in [-0.2, -0.15) is 0 Å². The van der Waals surface area contributed by atoms with Crippen LogP contribution in [0.4, 0.5) is 0 Å². The van der Waals surface area contributed by atoms with Gasteiger partial charge in [0.1, 0.15) is 5.01 Å². The lowest BCUT2D eigenvalue weighted by atomic mass is 10.1. The minimum absolute atomic E-state index is 0.357. The van der Waals surface area contributed by atoms with Gasteiger partial charge in [0.05, 0.1) is 28.4 Å². The molecule has 3 nitrogen and oxygen atoms in total. The molecule has 1 heterocycles. The molecule has 0 radical (unpaired) electrons. The molecule has 0 amide bonds. The number of nitrogens with zero attached hydrogens (tertiary/aromatic N) is 1. The summed E-state index contributed by atoms with van der Waals surface area (Å²) in [7, 11) is 1.37. The maximum absolute atomic E-state index is 11.6. The molecule has 0 saturated carbocycles. The molecule has 0 fully saturated rings. The second-order valence-corrected chi connectivity index (χ2v) is 6.81. The molecule has 150 valence electrons. The maximum atomic E-state index is 11.6. The van der Waals surface area contributed by atoms with E-state index in [4.69, 9.17) is 27.9 Å². The number of halogens is 2. The van der Waals surface area contributed by atoms with E-state index in [9.17, 15) is 4.79 Å². The first-order chi connectivity index (χ1) is 13.6. The number of aromatic nitrogens is 1. The molecule has 0 aliphatic heterocycles. The quantitative estimate of drug-likeness (QED) is 0.395. The number of hydrogen-bond acceptors (Lipinski definition) is 4. The van der Waals surface area contributed by atoms with Crippen molar-refractivity contribution >= 4 is 40.5 Å². The van der Waals surface area contributed by atoms with Crippen LogP contribution >= 0.6 is 34.5 Å². The smallest absolute Gasteiger partial charge is 0.337 e. The van der Waals surface area contributed by atoms with E-state index in [1.165, 1.54) is 18.4 Å². The SMILES string of the molecule is CC.CC.COC(=O)c1cccc(-c2nc(Cc3ccc(Cl)c(Cl)c3)cs2)c1. The first kappa shape index (κ1) is 24.2. The van der Waals surface area contributed by atoms with Crippen molar-refractivity contribution in [2.24, 2.45) is 0 Å². The van der Waals surface area contributed by atoms with Crippen molar-refractivity contribution in [1.29, 1.82) is 0 Å². The number of carbonyl (C=O) groups is 1. The van der Waals surface area contributed by atoms with Crippen molar-refractivity contribution in [3.8, 4) is 10.6 Å². The Bertz CT molecular complexity index is 894. The molecule has 0 unspecified atom stereocenters. The lowest BCUT2D eigenvalue weighted by Gasteiger charge is -2.02. The van der Waals surface area contributed by atoms with Crippen molar-refractivity contribution in [3.63, 3.8) is 0 Å². The van der Waals surface area contributed by atoms with Gasteiger partial charge >= 0.3 is 5.97 Å². The Balaban J connectivity index is 0.000000921. The van der Waals surface area contributed by atoms with E-state index in [0.717, 1.165) is 21.8 Å². The highest BCUT2D eigenvalue weighted by atomic mass is 35.5. The van der Waals surface area contributed by atoms with E-state index in [1.807, 2.05) is 57.3 Å². The number of ether oxygens (including phenoxy) is 1. The summed E-state index contributed by atoms with van der Waals surface area (Å²) in [5, 5.41) is 3.94. The van der Waals surface area contributed by atoms with Crippen molar-refractivity contribution in [1.82, 2.24) is 4.98 Å². The number of carbonyl (C=O) groups excluding carboxylic acids is 1. The molecular formula is C22H25Cl2NO2S. The molecular weight excluding hydrogens is 413 g/mol. The summed E-state index contributed by atoms with van der Waals surface area (Å²) in [6.45, 7) is 8.00. The Morgan fingerprint density at radius 1 is 1.04 bits per heavy atom. The fourth-order valence-corrected chi connectivity index (χ4v) is 3.41. The van der Waals surface area contributed by atoms with Crippen LogP contribution in [0.5, 0.6) is 0 Å². The lowest BCUT2D eigenvalue weighted by Crippen LogP contribution is -2.00. The van der Waals surface area contributed by atoms with Gasteiger partial charge < -0.3 is 4.74 Å². The number of rotatable bonds is 4. The molecule has 6 heteroatoms. The summed E-state index contributed by atoms with van der Waals surface area (Å²) >= 11 is 13.5. The second kappa shape index (κ2) is 12.6. The van der Waals surface area contributed by atoms with E-state index >= 15 is 0 Å². The van der Waals surface area contributed by atoms with Crippen molar-refractivity contribution in [2.45, 2.75) is 34.1 Å². The van der Waals surface area contributed by atoms with Crippen LogP contribution < -0.4 is 0 Å². The van der Waals surface area contributed by atoms with Crippen molar-refractivity contribution < 1.29 is 9.53 Å². The third kappa shape index (κ3) is 6.62. The van der Waals surface area contributed by atoms with Gasteiger partial charge in [0.2, 0.25) is 0 Å². The molecule has 2 aromatic carbocycles. The number of benzene rings is 2. The number of hydrogen-bond donors (Lipinski definition) is 0. The third-order valence-electron chi connectivity index (χ3n) is 3.45. The Hall–Kier alpha value is -1.88. The van der Waals surface area contributed by atoms with Gasteiger partial charge in [-0.25, -0.2) is 9.78 Å². The molecule has 1 aromatic heterocycles. The molecule has 0 bridgehead atoms. The molecule has 0 atom stereocenters. The fraction of sp³-hybridized carbons (Fsp3) is 0.273. The zero-order valence-corrected chi connectivity index (χ0v) is 19.1. The molecule has 0 aliphatic carbocycles. The summed E-state index contributed by atoms with van der Waals surface area (Å²) in [4.78, 5) is 16.3. The van der Waals surface area contributed by atoms with Crippen molar-refractivity contribution in [3.05, 3.63) is 74.7 Å². The van der Waals surface area contributed by atoms with Crippen LogP contribution in [0.25, 0.3) is 10.6 Å². The second-order valence-electron chi connectivity index (χ2n) is 5.14. The topological polar surface area (TPSA) is 39.2 Å². The Labute approximate surface area is 181 Å². The van der Waals surface area contributed by atoms with Crippen LogP contribution in [0.2, 0.25) is 10.0 Å². The molecule has 3 aromatic rings. The minimum atomic E-state index is -0.357. The zero-order valence-electron chi connectivity index (χ0n) is 16.8. The molecule has 0 saturated heterocycles. The van der Waals surface area contributed by atoms with Gasteiger partial charge in [-0.1, -0.05) is 69.1 Å². The summed E-state index contributed by atoms with van der Waals surface area (Å²) in [5.74, 6) is -0.357. The molecule has 0 N–H and O–H groups in total. The number of esters is 1. The number of thiazole rings is 1. The van der Waals surface area contributed by atoms with Crippen LogP contribution in [-0.4, -0.2) is 18.1 Å². The van der Waals surface area contributed by atoms with E-state index in [-0.39, 0.29) is 5.97 Å². The maximum Gasteiger partial charge on any atom is 0.337 e. The van der Waals surface area contributed by atoms with Crippen LogP contribution in [0.15, 0.2) is 47.8 Å². The standard InChI is InChI=1S/C18H13Cl2NO2S.2C2H6/c1-23-18(22)13-4-2-3-12(9-13)17-21-14(10-24-17)7-11-5-6-15(19)16(20)8-11;2*1-2/h2-6,8-10H,7H2,1H3;2*1-2H3. The minimum Gasteiger partial charge on any atom is -0.465 e. The molecule has 0 spiro atoms. The molecule has 3 rings (SSSR count).